The minimum Gasteiger partial charge on any atom is -0.334 e. The molecule has 6 nitrogen and oxygen atoms in total. The first kappa shape index (κ1) is 45.9. The molecule has 2 atom stereocenters. The fraction of sp³-hybridized carbons (Fsp3) is 0.203. The van der Waals surface area contributed by atoms with Crippen LogP contribution >= 0.6 is 0 Å². The molecule has 6 aromatic carbocycles. The minimum atomic E-state index is -0.0983. The van der Waals surface area contributed by atoms with Crippen molar-refractivity contribution >= 4 is 34.1 Å². The summed E-state index contributed by atoms with van der Waals surface area (Å²) in [6, 6.07) is 52.5. The lowest BCUT2D eigenvalue weighted by atomic mass is 9.79. The number of aryl methyl sites for hydroxylation is 3. The fourth-order valence-electron chi connectivity index (χ4n) is 10.3. The second kappa shape index (κ2) is 19.6. The van der Waals surface area contributed by atoms with Gasteiger partial charge >= 0.3 is 0 Å². The fourth-order valence-corrected chi connectivity index (χ4v) is 10.3. The smallest absolute Gasteiger partial charge is 0.164 e. The molecule has 1 heterocycles. The van der Waals surface area contributed by atoms with Crippen LogP contribution in [0.5, 0.6) is 0 Å². The minimum absolute atomic E-state index is 0.0983. The van der Waals surface area contributed by atoms with Crippen molar-refractivity contribution in [1.29, 1.82) is 0 Å². The summed E-state index contributed by atoms with van der Waals surface area (Å²) in [5.74, 6) is 1.87. The van der Waals surface area contributed by atoms with Gasteiger partial charge in [0, 0.05) is 61.9 Å². The van der Waals surface area contributed by atoms with E-state index in [-0.39, 0.29) is 17.5 Å². The van der Waals surface area contributed by atoms with Crippen LogP contribution in [0.4, 0.5) is 34.1 Å². The van der Waals surface area contributed by atoms with Gasteiger partial charge in [-0.25, -0.2) is 15.0 Å². The zero-order valence-corrected chi connectivity index (χ0v) is 41.5. The van der Waals surface area contributed by atoms with Crippen LogP contribution in [0, 0.1) is 26.2 Å². The SMILES string of the molecule is CC1=CC=CCC1N(c1ccc(-c2nc(-c3ccc(N(C4=C(C)C=CCC4)c4ccccc4C)cc3)nc(-c3ccc(N(c4ccccc4C)C4C=CC=CC4(C)C)cc3)n2)cc1)c1ccccc1C. The molecule has 3 aliphatic carbocycles. The van der Waals surface area contributed by atoms with Crippen molar-refractivity contribution in [3.63, 3.8) is 0 Å². The second-order valence-electron chi connectivity index (χ2n) is 19.6. The molecule has 70 heavy (non-hydrogen) atoms. The van der Waals surface area contributed by atoms with Crippen molar-refractivity contribution in [2.75, 3.05) is 14.7 Å². The molecule has 0 fully saturated rings. The molecule has 0 saturated carbocycles. The molecule has 7 aromatic rings. The van der Waals surface area contributed by atoms with E-state index < -0.39 is 0 Å². The highest BCUT2D eigenvalue weighted by Crippen LogP contribution is 2.42. The summed E-state index contributed by atoms with van der Waals surface area (Å²) in [6.45, 7) is 15.6. The van der Waals surface area contributed by atoms with E-state index >= 15 is 0 Å². The summed E-state index contributed by atoms with van der Waals surface area (Å²) >= 11 is 0. The lowest BCUT2D eigenvalue weighted by molar-refractivity contribution is 0.415. The number of rotatable bonds is 12. The van der Waals surface area contributed by atoms with E-state index in [0.29, 0.717) is 17.5 Å². The quantitative estimate of drug-likeness (QED) is 0.122. The first-order valence-electron chi connectivity index (χ1n) is 24.7. The average molecular weight is 915 g/mol. The highest BCUT2D eigenvalue weighted by Gasteiger charge is 2.34. The Morgan fingerprint density at radius 1 is 0.500 bits per heavy atom. The number of aromatic nitrogens is 3. The van der Waals surface area contributed by atoms with Gasteiger partial charge in [-0.3, -0.25) is 0 Å². The van der Waals surface area contributed by atoms with Crippen LogP contribution < -0.4 is 14.7 Å². The average Bonchev–Trinajstić information content (AvgIpc) is 3.38. The van der Waals surface area contributed by atoms with Gasteiger partial charge in [-0.15, -0.1) is 0 Å². The van der Waals surface area contributed by atoms with Crippen LogP contribution in [0.1, 0.15) is 63.6 Å². The molecule has 0 saturated heterocycles. The summed E-state index contributed by atoms with van der Waals surface area (Å²) in [5.41, 5.74) is 17.2. The molecule has 348 valence electrons. The Balaban J connectivity index is 1.07. The summed E-state index contributed by atoms with van der Waals surface area (Å²) < 4.78 is 0. The van der Waals surface area contributed by atoms with E-state index in [0.717, 1.165) is 53.0 Å². The van der Waals surface area contributed by atoms with E-state index in [1.807, 2.05) is 0 Å². The largest absolute Gasteiger partial charge is 0.334 e. The zero-order valence-electron chi connectivity index (χ0n) is 41.5. The van der Waals surface area contributed by atoms with E-state index in [2.05, 4.69) is 263 Å². The number of allylic oxidation sites excluding steroid dienone is 8. The van der Waals surface area contributed by atoms with Crippen molar-refractivity contribution in [2.45, 2.75) is 79.8 Å². The van der Waals surface area contributed by atoms with Crippen LogP contribution in [0.3, 0.4) is 0 Å². The van der Waals surface area contributed by atoms with Gasteiger partial charge in [0.1, 0.15) is 0 Å². The normalized spacial score (nSPS) is 17.1. The molecule has 3 aliphatic rings. The second-order valence-corrected chi connectivity index (χ2v) is 19.6. The van der Waals surface area contributed by atoms with Crippen molar-refractivity contribution in [2.24, 2.45) is 5.41 Å². The van der Waals surface area contributed by atoms with E-state index in [1.54, 1.807) is 0 Å². The molecule has 0 aliphatic heterocycles. The van der Waals surface area contributed by atoms with Gasteiger partial charge in [-0.05, 0) is 167 Å². The number of benzene rings is 6. The Bertz CT molecular complexity index is 3220. The molecule has 2 unspecified atom stereocenters. The third-order valence-electron chi connectivity index (χ3n) is 14.2. The Labute approximate surface area is 415 Å². The van der Waals surface area contributed by atoms with Crippen molar-refractivity contribution in [1.82, 2.24) is 15.0 Å². The van der Waals surface area contributed by atoms with Crippen molar-refractivity contribution < 1.29 is 0 Å². The highest BCUT2D eigenvalue weighted by atomic mass is 15.2. The number of hydrogen-bond donors (Lipinski definition) is 0. The zero-order chi connectivity index (χ0) is 48.4. The topological polar surface area (TPSA) is 48.4 Å². The lowest BCUT2D eigenvalue weighted by Crippen LogP contribution is -2.41. The molecule has 0 spiro atoms. The third kappa shape index (κ3) is 9.22. The maximum absolute atomic E-state index is 5.26. The van der Waals surface area contributed by atoms with Crippen molar-refractivity contribution in [3.05, 3.63) is 234 Å². The van der Waals surface area contributed by atoms with E-state index in [4.69, 9.17) is 15.0 Å². The standard InChI is InChI=1S/C64H62N6/c1-44-20-8-13-25-55(44)68(56-26-14-9-21-45(56)2)52-37-31-49(32-38-52)61-65-62(50-33-39-53(40-34-50)69(57-27-15-10-22-46(57)3)58-28-16-11-23-47(58)4)67-63(66-61)51-35-41-54(42-36-51)70(59-29-17-12-24-48(59)5)60-30-18-19-43-64(60,6)7/h8-15,17-25,27,29-43,56,60H,16,26,28H2,1-7H3. The molecular weight excluding hydrogens is 853 g/mol. The first-order chi connectivity index (χ1) is 34.0. The maximum atomic E-state index is 5.26. The lowest BCUT2D eigenvalue weighted by Gasteiger charge is -2.42. The molecule has 0 N–H and O–H groups in total. The van der Waals surface area contributed by atoms with Crippen LogP contribution in [-0.2, 0) is 0 Å². The number of anilines is 6. The number of para-hydroxylation sites is 3. The van der Waals surface area contributed by atoms with Crippen LogP contribution in [-0.4, -0.2) is 27.0 Å². The van der Waals surface area contributed by atoms with Gasteiger partial charge in [0.15, 0.2) is 17.5 Å². The van der Waals surface area contributed by atoms with Crippen LogP contribution in [0.25, 0.3) is 34.2 Å². The first-order valence-corrected chi connectivity index (χ1v) is 24.7. The Hall–Kier alpha value is -7.83. The summed E-state index contributed by atoms with van der Waals surface area (Å²) in [4.78, 5) is 23.2. The van der Waals surface area contributed by atoms with Gasteiger partial charge in [-0.1, -0.05) is 129 Å². The Kier molecular flexibility index (Phi) is 12.9. The summed E-state index contributed by atoms with van der Waals surface area (Å²) in [5, 5.41) is 0. The van der Waals surface area contributed by atoms with Gasteiger partial charge in [0.2, 0.25) is 0 Å². The molecule has 0 amide bonds. The van der Waals surface area contributed by atoms with Gasteiger partial charge in [0.05, 0.1) is 12.1 Å². The summed E-state index contributed by atoms with van der Waals surface area (Å²) in [7, 11) is 0. The molecule has 6 heteroatoms. The molecular formula is C64H62N6. The third-order valence-corrected chi connectivity index (χ3v) is 14.2. The van der Waals surface area contributed by atoms with Gasteiger partial charge in [-0.2, -0.15) is 0 Å². The van der Waals surface area contributed by atoms with Crippen LogP contribution in [0.15, 0.2) is 217 Å². The predicted octanol–water partition coefficient (Wildman–Crippen LogP) is 16.6. The number of nitrogens with zero attached hydrogens (tertiary/aromatic N) is 6. The number of hydrogen-bond acceptors (Lipinski definition) is 6. The highest BCUT2D eigenvalue weighted by molar-refractivity contribution is 5.77. The molecule has 0 bridgehead atoms. The van der Waals surface area contributed by atoms with Gasteiger partial charge in [0.25, 0.3) is 0 Å². The van der Waals surface area contributed by atoms with E-state index in [1.165, 1.54) is 50.6 Å². The monoisotopic (exact) mass is 915 g/mol. The van der Waals surface area contributed by atoms with Gasteiger partial charge < -0.3 is 14.7 Å². The van der Waals surface area contributed by atoms with E-state index in [9.17, 15) is 0 Å². The van der Waals surface area contributed by atoms with Crippen LogP contribution in [0.2, 0.25) is 0 Å². The predicted molar refractivity (Wildman–Crippen MR) is 294 cm³/mol. The molecule has 0 radical (unpaired) electrons. The Morgan fingerprint density at radius 3 is 1.49 bits per heavy atom. The Morgan fingerprint density at radius 2 is 0.986 bits per heavy atom. The molecule has 1 aromatic heterocycles. The summed E-state index contributed by atoms with van der Waals surface area (Å²) in [6.07, 6.45) is 23.1. The molecule has 10 rings (SSSR count). The maximum Gasteiger partial charge on any atom is 0.164 e. The van der Waals surface area contributed by atoms with Crippen molar-refractivity contribution in [3.8, 4) is 34.2 Å².